The molecule has 1 fully saturated rings. The number of hydrogen-bond donors (Lipinski definition) is 2. The quantitative estimate of drug-likeness (QED) is 0.740. The second kappa shape index (κ2) is 7.57. The van der Waals surface area contributed by atoms with Crippen molar-refractivity contribution >= 4 is 10.2 Å². The van der Waals surface area contributed by atoms with E-state index in [0.717, 1.165) is 25.9 Å². The fraction of sp³-hybridized carbons (Fsp3) is 1.00. The van der Waals surface area contributed by atoms with Crippen molar-refractivity contribution in [2.75, 3.05) is 26.2 Å². The third-order valence-electron chi connectivity index (χ3n) is 3.40. The number of nitrogens with one attached hydrogen (secondary N) is 2. The molecule has 0 aromatic heterocycles. The van der Waals surface area contributed by atoms with Crippen LogP contribution in [0, 0.1) is 11.8 Å². The largest absolute Gasteiger partial charge is 0.316 e. The SMILES string of the molecule is CC(C)CNS(=O)(=O)N(CC1CCCNC1)C(C)C. The lowest BCUT2D eigenvalue weighted by Gasteiger charge is -2.32. The monoisotopic (exact) mass is 291 g/mol. The molecule has 0 radical (unpaired) electrons. The van der Waals surface area contributed by atoms with Gasteiger partial charge in [-0.15, -0.1) is 0 Å². The van der Waals surface area contributed by atoms with E-state index in [1.807, 2.05) is 27.7 Å². The molecular formula is C13H29N3O2S. The van der Waals surface area contributed by atoms with E-state index in [4.69, 9.17) is 0 Å². The first-order valence-corrected chi connectivity index (χ1v) is 8.74. The summed E-state index contributed by atoms with van der Waals surface area (Å²) >= 11 is 0. The maximum Gasteiger partial charge on any atom is 0.279 e. The maximum absolute atomic E-state index is 12.3. The molecule has 0 spiro atoms. The zero-order valence-corrected chi connectivity index (χ0v) is 13.5. The lowest BCUT2D eigenvalue weighted by molar-refractivity contribution is 0.261. The minimum Gasteiger partial charge on any atom is -0.316 e. The van der Waals surface area contributed by atoms with E-state index in [1.165, 1.54) is 0 Å². The number of hydrogen-bond acceptors (Lipinski definition) is 3. The highest BCUT2D eigenvalue weighted by Gasteiger charge is 2.28. The highest BCUT2D eigenvalue weighted by atomic mass is 32.2. The first kappa shape index (κ1) is 16.9. The Labute approximate surface area is 118 Å². The summed E-state index contributed by atoms with van der Waals surface area (Å²) < 4.78 is 29.0. The van der Waals surface area contributed by atoms with Crippen LogP contribution in [0.3, 0.4) is 0 Å². The van der Waals surface area contributed by atoms with Gasteiger partial charge in [0.2, 0.25) is 0 Å². The summed E-state index contributed by atoms with van der Waals surface area (Å²) in [4.78, 5) is 0. The lowest BCUT2D eigenvalue weighted by Crippen LogP contribution is -2.49. The minimum absolute atomic E-state index is 0.00779. The van der Waals surface area contributed by atoms with Crippen LogP contribution < -0.4 is 10.0 Å². The van der Waals surface area contributed by atoms with E-state index < -0.39 is 10.2 Å². The summed E-state index contributed by atoms with van der Waals surface area (Å²) in [6.07, 6.45) is 2.24. The van der Waals surface area contributed by atoms with Crippen LogP contribution in [0.1, 0.15) is 40.5 Å². The molecule has 5 nitrogen and oxygen atoms in total. The van der Waals surface area contributed by atoms with Gasteiger partial charge in [-0.3, -0.25) is 0 Å². The van der Waals surface area contributed by atoms with Crippen LogP contribution in [0.2, 0.25) is 0 Å². The van der Waals surface area contributed by atoms with E-state index >= 15 is 0 Å². The average molecular weight is 291 g/mol. The lowest BCUT2D eigenvalue weighted by atomic mass is 9.99. The van der Waals surface area contributed by atoms with Crippen molar-refractivity contribution in [2.24, 2.45) is 11.8 Å². The summed E-state index contributed by atoms with van der Waals surface area (Å²) in [6.45, 7) is 11.0. The fourth-order valence-corrected chi connectivity index (χ4v) is 3.95. The van der Waals surface area contributed by atoms with Crippen LogP contribution in [0.25, 0.3) is 0 Å². The Hall–Kier alpha value is -0.170. The molecule has 0 aromatic rings. The molecule has 0 aliphatic carbocycles. The molecule has 1 aliphatic rings. The summed E-state index contributed by atoms with van der Waals surface area (Å²) in [5.41, 5.74) is 0. The van der Waals surface area contributed by atoms with Gasteiger partial charge < -0.3 is 5.32 Å². The van der Waals surface area contributed by atoms with E-state index in [9.17, 15) is 8.42 Å². The van der Waals surface area contributed by atoms with Crippen molar-refractivity contribution < 1.29 is 8.42 Å². The van der Waals surface area contributed by atoms with E-state index in [-0.39, 0.29) is 6.04 Å². The summed E-state index contributed by atoms with van der Waals surface area (Å²) in [5.74, 6) is 0.743. The van der Waals surface area contributed by atoms with Crippen molar-refractivity contribution in [3.63, 3.8) is 0 Å². The van der Waals surface area contributed by atoms with Gasteiger partial charge in [0.05, 0.1) is 0 Å². The molecule has 0 aromatic carbocycles. The normalized spacial score (nSPS) is 21.5. The van der Waals surface area contributed by atoms with Gasteiger partial charge >= 0.3 is 0 Å². The smallest absolute Gasteiger partial charge is 0.279 e. The van der Waals surface area contributed by atoms with Crippen molar-refractivity contribution in [2.45, 2.75) is 46.6 Å². The van der Waals surface area contributed by atoms with Crippen LogP contribution in [0.5, 0.6) is 0 Å². The molecular weight excluding hydrogens is 262 g/mol. The Balaban J connectivity index is 2.64. The molecule has 1 aliphatic heterocycles. The molecule has 1 unspecified atom stereocenters. The van der Waals surface area contributed by atoms with Crippen molar-refractivity contribution in [3.05, 3.63) is 0 Å². The van der Waals surface area contributed by atoms with Crippen LogP contribution in [0.4, 0.5) is 0 Å². The van der Waals surface area contributed by atoms with Gasteiger partial charge in [0, 0.05) is 19.1 Å². The molecule has 1 rings (SSSR count). The van der Waals surface area contributed by atoms with Gasteiger partial charge in [-0.25, -0.2) is 4.72 Å². The van der Waals surface area contributed by atoms with Gasteiger partial charge in [-0.05, 0) is 51.6 Å². The van der Waals surface area contributed by atoms with Crippen LogP contribution in [-0.2, 0) is 10.2 Å². The Morgan fingerprint density at radius 2 is 2.00 bits per heavy atom. The Morgan fingerprint density at radius 1 is 1.32 bits per heavy atom. The highest BCUT2D eigenvalue weighted by Crippen LogP contribution is 2.16. The highest BCUT2D eigenvalue weighted by molar-refractivity contribution is 7.87. The van der Waals surface area contributed by atoms with Gasteiger partial charge in [0.1, 0.15) is 0 Å². The van der Waals surface area contributed by atoms with Crippen molar-refractivity contribution in [3.8, 4) is 0 Å². The van der Waals surface area contributed by atoms with Crippen LogP contribution in [0.15, 0.2) is 0 Å². The molecule has 2 N–H and O–H groups in total. The van der Waals surface area contributed by atoms with Crippen LogP contribution >= 0.6 is 0 Å². The Bertz CT molecular complexity index is 349. The second-order valence-electron chi connectivity index (χ2n) is 6.12. The molecule has 1 saturated heterocycles. The molecule has 114 valence electrons. The fourth-order valence-electron chi connectivity index (χ4n) is 2.28. The number of nitrogens with zero attached hydrogens (tertiary/aromatic N) is 1. The molecule has 1 heterocycles. The zero-order chi connectivity index (χ0) is 14.5. The number of piperidine rings is 1. The summed E-state index contributed by atoms with van der Waals surface area (Å²) in [5, 5.41) is 3.34. The molecule has 0 bridgehead atoms. The van der Waals surface area contributed by atoms with Crippen LogP contribution in [-0.4, -0.2) is 44.9 Å². The third kappa shape index (κ3) is 5.77. The first-order chi connectivity index (χ1) is 8.83. The summed E-state index contributed by atoms with van der Waals surface area (Å²) in [6, 6.07) is -0.00779. The van der Waals surface area contributed by atoms with E-state index in [1.54, 1.807) is 4.31 Å². The first-order valence-electron chi connectivity index (χ1n) is 7.30. The van der Waals surface area contributed by atoms with Crippen molar-refractivity contribution in [1.82, 2.24) is 14.3 Å². The topological polar surface area (TPSA) is 61.4 Å². The van der Waals surface area contributed by atoms with Gasteiger partial charge in [-0.2, -0.15) is 12.7 Å². The molecule has 0 saturated carbocycles. The van der Waals surface area contributed by atoms with Gasteiger partial charge in [0.25, 0.3) is 10.2 Å². The second-order valence-corrected chi connectivity index (χ2v) is 7.83. The van der Waals surface area contributed by atoms with E-state index in [2.05, 4.69) is 10.0 Å². The molecule has 6 heteroatoms. The Kier molecular flexibility index (Phi) is 6.73. The van der Waals surface area contributed by atoms with Gasteiger partial charge in [0.15, 0.2) is 0 Å². The molecule has 19 heavy (non-hydrogen) atoms. The molecule has 1 atom stereocenters. The predicted octanol–water partition coefficient (Wildman–Crippen LogP) is 1.19. The van der Waals surface area contributed by atoms with E-state index in [0.29, 0.717) is 24.9 Å². The maximum atomic E-state index is 12.3. The minimum atomic E-state index is -3.36. The average Bonchev–Trinajstić information content (AvgIpc) is 2.34. The predicted molar refractivity (Wildman–Crippen MR) is 79.2 cm³/mol. The Morgan fingerprint density at radius 3 is 2.47 bits per heavy atom. The third-order valence-corrected chi connectivity index (χ3v) is 5.12. The number of rotatable bonds is 7. The molecule has 0 amide bonds. The summed E-state index contributed by atoms with van der Waals surface area (Å²) in [7, 11) is -3.36. The zero-order valence-electron chi connectivity index (χ0n) is 12.6. The standard InChI is InChI=1S/C13H29N3O2S/c1-11(2)8-15-19(17,18)16(12(3)4)10-13-6-5-7-14-9-13/h11-15H,5-10H2,1-4H3. The van der Waals surface area contributed by atoms with Crippen molar-refractivity contribution in [1.29, 1.82) is 0 Å². The van der Waals surface area contributed by atoms with Gasteiger partial charge in [-0.1, -0.05) is 13.8 Å².